The topological polar surface area (TPSA) is 33.0 Å². The van der Waals surface area contributed by atoms with Crippen LogP contribution in [-0.4, -0.2) is 7.11 Å². The van der Waals surface area contributed by atoms with Crippen LogP contribution in [0.5, 0.6) is 0 Å². The summed E-state index contributed by atoms with van der Waals surface area (Å²) < 4.78 is 5.21. The maximum atomic E-state index is 9.14. The molecule has 0 aromatic heterocycles. The van der Waals surface area contributed by atoms with E-state index in [9.17, 15) is 0 Å². The highest BCUT2D eigenvalue weighted by Crippen LogP contribution is 2.30. The van der Waals surface area contributed by atoms with E-state index in [1.807, 2.05) is 6.92 Å². The molecule has 1 rings (SSSR count). The molecule has 0 fully saturated rings. The molecule has 0 bridgehead atoms. The molecule has 1 aromatic carbocycles. The van der Waals surface area contributed by atoms with E-state index >= 15 is 0 Å². The standard InChI is InChI=1S/C15H16Cl3NO/c1-3-15(20-2)11(9-19)6-4-5-10-7-13(17)14(18)8-12(10)16/h7-8H,3-6H2,1-2H3/b15-11+. The molecule has 5 heteroatoms. The molecule has 0 spiro atoms. The second-order valence-electron chi connectivity index (χ2n) is 4.28. The average molecular weight is 333 g/mol. The number of ether oxygens (including phenoxy) is 1. The number of rotatable bonds is 6. The van der Waals surface area contributed by atoms with Crippen molar-refractivity contribution in [1.29, 1.82) is 5.26 Å². The minimum absolute atomic E-state index is 0.450. The van der Waals surface area contributed by atoms with Crippen LogP contribution in [0.2, 0.25) is 15.1 Å². The average Bonchev–Trinajstić information content (AvgIpc) is 2.43. The molecule has 0 amide bonds. The maximum absolute atomic E-state index is 9.14. The fourth-order valence-corrected chi connectivity index (χ4v) is 2.61. The molecule has 108 valence electrons. The van der Waals surface area contributed by atoms with Crippen molar-refractivity contribution in [2.45, 2.75) is 32.6 Å². The second-order valence-corrected chi connectivity index (χ2v) is 5.50. The molecule has 20 heavy (non-hydrogen) atoms. The summed E-state index contributed by atoms with van der Waals surface area (Å²) in [7, 11) is 1.59. The van der Waals surface area contributed by atoms with Crippen LogP contribution in [0.25, 0.3) is 0 Å². The van der Waals surface area contributed by atoms with Crippen molar-refractivity contribution in [3.8, 4) is 6.07 Å². The van der Waals surface area contributed by atoms with Gasteiger partial charge in [-0.2, -0.15) is 5.26 Å². The van der Waals surface area contributed by atoms with Crippen LogP contribution in [0, 0.1) is 11.3 Å². The largest absolute Gasteiger partial charge is 0.500 e. The number of nitriles is 1. The van der Waals surface area contributed by atoms with Gasteiger partial charge in [-0.3, -0.25) is 0 Å². The summed E-state index contributed by atoms with van der Waals surface area (Å²) in [6, 6.07) is 5.62. The van der Waals surface area contributed by atoms with Crippen LogP contribution >= 0.6 is 34.8 Å². The smallest absolute Gasteiger partial charge is 0.109 e. The van der Waals surface area contributed by atoms with Gasteiger partial charge in [-0.05, 0) is 37.0 Å². The lowest BCUT2D eigenvalue weighted by Crippen LogP contribution is -1.95. The quantitative estimate of drug-likeness (QED) is 0.374. The van der Waals surface area contributed by atoms with Gasteiger partial charge in [-0.1, -0.05) is 41.7 Å². The number of halogens is 3. The molecule has 0 saturated carbocycles. The van der Waals surface area contributed by atoms with E-state index in [2.05, 4.69) is 6.07 Å². The number of nitrogens with zero attached hydrogens (tertiary/aromatic N) is 1. The lowest BCUT2D eigenvalue weighted by Gasteiger charge is -2.08. The van der Waals surface area contributed by atoms with Gasteiger partial charge in [0, 0.05) is 11.4 Å². The van der Waals surface area contributed by atoms with Gasteiger partial charge in [0.1, 0.15) is 5.76 Å². The van der Waals surface area contributed by atoms with Gasteiger partial charge in [0.15, 0.2) is 0 Å². The van der Waals surface area contributed by atoms with Crippen LogP contribution in [-0.2, 0) is 11.2 Å². The van der Waals surface area contributed by atoms with Crippen molar-refractivity contribution in [2.24, 2.45) is 0 Å². The number of hydrogen-bond donors (Lipinski definition) is 0. The Balaban J connectivity index is 2.72. The van der Waals surface area contributed by atoms with Crippen molar-refractivity contribution in [3.05, 3.63) is 44.1 Å². The Morgan fingerprint density at radius 2 is 1.85 bits per heavy atom. The fraction of sp³-hybridized carbons (Fsp3) is 0.400. The Kier molecular flexibility index (Phi) is 7.23. The molecular weight excluding hydrogens is 317 g/mol. The van der Waals surface area contributed by atoms with Gasteiger partial charge in [0.05, 0.1) is 28.8 Å². The van der Waals surface area contributed by atoms with Gasteiger partial charge < -0.3 is 4.74 Å². The molecule has 2 nitrogen and oxygen atoms in total. The molecule has 0 aliphatic heterocycles. The van der Waals surface area contributed by atoms with Crippen molar-refractivity contribution in [3.63, 3.8) is 0 Å². The van der Waals surface area contributed by atoms with E-state index in [-0.39, 0.29) is 0 Å². The lowest BCUT2D eigenvalue weighted by molar-refractivity contribution is 0.276. The second kappa shape index (κ2) is 8.42. The van der Waals surface area contributed by atoms with Crippen molar-refractivity contribution in [1.82, 2.24) is 0 Å². The molecular formula is C15H16Cl3NO. The third kappa shape index (κ3) is 4.59. The van der Waals surface area contributed by atoms with E-state index in [0.717, 1.165) is 24.2 Å². The first kappa shape index (κ1) is 17.2. The zero-order valence-corrected chi connectivity index (χ0v) is 13.7. The molecule has 0 aliphatic rings. The third-order valence-electron chi connectivity index (χ3n) is 3.00. The third-order valence-corrected chi connectivity index (χ3v) is 4.08. The van der Waals surface area contributed by atoms with Crippen LogP contribution in [0.3, 0.4) is 0 Å². The highest BCUT2D eigenvalue weighted by atomic mass is 35.5. The van der Waals surface area contributed by atoms with E-state index in [0.29, 0.717) is 33.5 Å². The van der Waals surface area contributed by atoms with E-state index < -0.39 is 0 Å². The van der Waals surface area contributed by atoms with Crippen LogP contribution < -0.4 is 0 Å². The highest BCUT2D eigenvalue weighted by molar-refractivity contribution is 6.43. The Hall–Kier alpha value is -0.880. The zero-order valence-electron chi connectivity index (χ0n) is 11.5. The normalized spacial score (nSPS) is 11.8. The first-order valence-corrected chi connectivity index (χ1v) is 7.46. The minimum atomic E-state index is 0.450. The number of aryl methyl sites for hydroxylation is 1. The molecule has 0 heterocycles. The fourth-order valence-electron chi connectivity index (χ4n) is 1.95. The van der Waals surface area contributed by atoms with Crippen molar-refractivity contribution in [2.75, 3.05) is 7.11 Å². The summed E-state index contributed by atoms with van der Waals surface area (Å²) in [4.78, 5) is 0. The Bertz CT molecular complexity index is 541. The van der Waals surface area contributed by atoms with Gasteiger partial charge in [0.25, 0.3) is 0 Å². The summed E-state index contributed by atoms with van der Waals surface area (Å²) in [6.45, 7) is 1.96. The predicted molar refractivity (Wildman–Crippen MR) is 84.3 cm³/mol. The van der Waals surface area contributed by atoms with E-state index in [1.165, 1.54) is 0 Å². The Morgan fingerprint density at radius 1 is 1.20 bits per heavy atom. The van der Waals surface area contributed by atoms with Gasteiger partial charge >= 0.3 is 0 Å². The molecule has 0 unspecified atom stereocenters. The first-order chi connectivity index (χ1) is 9.53. The van der Waals surface area contributed by atoms with Crippen LogP contribution in [0.4, 0.5) is 0 Å². The molecule has 0 atom stereocenters. The molecule has 0 radical (unpaired) electrons. The van der Waals surface area contributed by atoms with Gasteiger partial charge in [-0.25, -0.2) is 0 Å². The molecule has 0 aliphatic carbocycles. The Morgan fingerprint density at radius 3 is 2.40 bits per heavy atom. The van der Waals surface area contributed by atoms with Crippen LogP contribution in [0.15, 0.2) is 23.5 Å². The number of hydrogen-bond acceptors (Lipinski definition) is 2. The highest BCUT2D eigenvalue weighted by Gasteiger charge is 2.08. The van der Waals surface area contributed by atoms with Crippen molar-refractivity contribution >= 4 is 34.8 Å². The van der Waals surface area contributed by atoms with Crippen LogP contribution in [0.1, 0.15) is 31.7 Å². The summed E-state index contributed by atoms with van der Waals surface area (Å²) in [5.74, 6) is 0.743. The number of methoxy groups -OCH3 is 1. The predicted octanol–water partition coefficient (Wildman–Crippen LogP) is 5.80. The molecule has 1 aromatic rings. The summed E-state index contributed by atoms with van der Waals surface area (Å²) in [5, 5.41) is 10.7. The summed E-state index contributed by atoms with van der Waals surface area (Å²) in [5.41, 5.74) is 1.63. The summed E-state index contributed by atoms with van der Waals surface area (Å²) in [6.07, 6.45) is 2.91. The molecule has 0 N–H and O–H groups in total. The number of benzene rings is 1. The van der Waals surface area contributed by atoms with Gasteiger partial charge in [-0.15, -0.1) is 0 Å². The van der Waals surface area contributed by atoms with E-state index in [1.54, 1.807) is 19.2 Å². The molecule has 0 saturated heterocycles. The monoisotopic (exact) mass is 331 g/mol. The Labute approximate surface area is 134 Å². The van der Waals surface area contributed by atoms with E-state index in [4.69, 9.17) is 44.8 Å². The number of allylic oxidation sites excluding steroid dienone is 2. The minimum Gasteiger partial charge on any atom is -0.500 e. The lowest BCUT2D eigenvalue weighted by atomic mass is 10.0. The van der Waals surface area contributed by atoms with Crippen molar-refractivity contribution < 1.29 is 4.74 Å². The zero-order chi connectivity index (χ0) is 15.1. The first-order valence-electron chi connectivity index (χ1n) is 6.33. The summed E-state index contributed by atoms with van der Waals surface area (Å²) >= 11 is 18.0. The maximum Gasteiger partial charge on any atom is 0.109 e. The van der Waals surface area contributed by atoms with Gasteiger partial charge in [0.2, 0.25) is 0 Å². The SMILES string of the molecule is CC/C(OC)=C(\C#N)CCCc1cc(Cl)c(Cl)cc1Cl.